The highest BCUT2D eigenvalue weighted by atomic mass is 16.8. The van der Waals surface area contributed by atoms with Crippen LogP contribution in [0.4, 0.5) is 4.79 Å². The van der Waals surface area contributed by atoms with Gasteiger partial charge in [0.05, 0.1) is 11.4 Å². The molecule has 0 aromatic heterocycles. The fraction of sp³-hybridized carbons (Fsp3) is 0.769. The fourth-order valence-electron chi connectivity index (χ4n) is 2.32. The molecule has 2 fully saturated rings. The van der Waals surface area contributed by atoms with Gasteiger partial charge in [-0.2, -0.15) is 4.79 Å². The molecule has 2 aliphatic rings. The Morgan fingerprint density at radius 2 is 1.11 bits per heavy atom. The Morgan fingerprint density at radius 3 is 1.50 bits per heavy atom. The summed E-state index contributed by atoms with van der Waals surface area (Å²) in [5, 5.41) is 7.64. The lowest BCUT2D eigenvalue weighted by molar-refractivity contribution is 0.0586. The van der Waals surface area contributed by atoms with E-state index in [4.69, 9.17) is 9.68 Å². The van der Waals surface area contributed by atoms with Crippen molar-refractivity contribution < 1.29 is 14.5 Å². The molecule has 2 aliphatic carbocycles. The van der Waals surface area contributed by atoms with Crippen LogP contribution >= 0.6 is 0 Å². The van der Waals surface area contributed by atoms with E-state index in [9.17, 15) is 4.79 Å². The van der Waals surface area contributed by atoms with E-state index >= 15 is 0 Å². The lowest BCUT2D eigenvalue weighted by Gasteiger charge is -2.11. The summed E-state index contributed by atoms with van der Waals surface area (Å²) in [5.74, 6) is 0. The van der Waals surface area contributed by atoms with Crippen molar-refractivity contribution in [3.63, 3.8) is 0 Å². The molecule has 0 aromatic carbocycles. The Kier molecular flexibility index (Phi) is 5.17. The average molecular weight is 252 g/mol. The molecule has 0 aliphatic heterocycles. The zero-order chi connectivity index (χ0) is 12.6. The van der Waals surface area contributed by atoms with E-state index < -0.39 is 6.16 Å². The number of rotatable bonds is 2. The summed E-state index contributed by atoms with van der Waals surface area (Å²) in [6, 6.07) is 0. The second-order valence-electron chi connectivity index (χ2n) is 4.87. The van der Waals surface area contributed by atoms with Gasteiger partial charge in [0.1, 0.15) is 0 Å². The molecule has 18 heavy (non-hydrogen) atoms. The maximum absolute atomic E-state index is 11.3. The van der Waals surface area contributed by atoms with Crippen molar-refractivity contribution >= 4 is 17.6 Å². The highest BCUT2D eigenvalue weighted by Gasteiger charge is 2.11. The molecule has 100 valence electrons. The summed E-state index contributed by atoms with van der Waals surface area (Å²) in [5.41, 5.74) is 1.90. The summed E-state index contributed by atoms with van der Waals surface area (Å²) in [6.07, 6.45) is 9.81. The van der Waals surface area contributed by atoms with Gasteiger partial charge in [-0.1, -0.05) is 23.2 Å². The third-order valence-electron chi connectivity index (χ3n) is 3.36. The van der Waals surface area contributed by atoms with Crippen molar-refractivity contribution in [1.29, 1.82) is 0 Å². The first-order valence-corrected chi connectivity index (χ1v) is 6.84. The van der Waals surface area contributed by atoms with Crippen molar-refractivity contribution in [2.45, 2.75) is 64.2 Å². The Balaban J connectivity index is 1.71. The molecule has 0 unspecified atom stereocenters. The van der Waals surface area contributed by atoms with Crippen LogP contribution in [0, 0.1) is 0 Å². The molecule has 0 aromatic rings. The highest BCUT2D eigenvalue weighted by molar-refractivity contribution is 5.85. The van der Waals surface area contributed by atoms with Crippen molar-refractivity contribution in [3.8, 4) is 0 Å². The van der Waals surface area contributed by atoms with Crippen LogP contribution in [0.1, 0.15) is 64.2 Å². The summed E-state index contributed by atoms with van der Waals surface area (Å²) in [7, 11) is 0. The first kappa shape index (κ1) is 13.1. The third kappa shape index (κ3) is 4.47. The zero-order valence-corrected chi connectivity index (χ0v) is 10.7. The molecule has 0 heterocycles. The zero-order valence-electron chi connectivity index (χ0n) is 10.7. The number of hydrogen-bond donors (Lipinski definition) is 0. The van der Waals surface area contributed by atoms with E-state index in [2.05, 4.69) is 10.3 Å². The van der Waals surface area contributed by atoms with Gasteiger partial charge in [0.2, 0.25) is 0 Å². The Labute approximate surface area is 107 Å². The first-order chi connectivity index (χ1) is 8.84. The lowest BCUT2D eigenvalue weighted by atomic mass is 9.99. The Hall–Kier alpha value is -1.39. The molecular formula is C13H20N2O3. The average Bonchev–Trinajstić information content (AvgIpc) is 2.45. The monoisotopic (exact) mass is 252 g/mol. The maximum atomic E-state index is 11.3. The molecule has 0 saturated heterocycles. The molecule has 0 atom stereocenters. The largest absolute Gasteiger partial charge is 0.562 e. The summed E-state index contributed by atoms with van der Waals surface area (Å²) in [4.78, 5) is 20.7. The topological polar surface area (TPSA) is 60.2 Å². The van der Waals surface area contributed by atoms with E-state index in [-0.39, 0.29) is 0 Å². The van der Waals surface area contributed by atoms with E-state index in [1.807, 2.05) is 0 Å². The van der Waals surface area contributed by atoms with Gasteiger partial charge in [0.25, 0.3) is 0 Å². The maximum Gasteiger partial charge on any atom is 0.562 e. The second-order valence-corrected chi connectivity index (χ2v) is 4.87. The number of oxime groups is 2. The molecule has 2 rings (SSSR count). The van der Waals surface area contributed by atoms with Gasteiger partial charge in [-0.05, 0) is 51.4 Å². The minimum Gasteiger partial charge on any atom is -0.281 e. The minimum atomic E-state index is -0.828. The van der Waals surface area contributed by atoms with Crippen LogP contribution in [0.15, 0.2) is 10.3 Å². The lowest BCUT2D eigenvalue weighted by Crippen LogP contribution is -2.10. The van der Waals surface area contributed by atoms with Crippen molar-refractivity contribution in [3.05, 3.63) is 0 Å². The molecule has 5 heteroatoms. The quantitative estimate of drug-likeness (QED) is 0.555. The smallest absolute Gasteiger partial charge is 0.281 e. The molecule has 2 saturated carbocycles. The third-order valence-corrected chi connectivity index (χ3v) is 3.36. The summed E-state index contributed by atoms with van der Waals surface area (Å²) in [6.45, 7) is 0. The van der Waals surface area contributed by atoms with Gasteiger partial charge >= 0.3 is 6.16 Å². The minimum absolute atomic E-state index is 0.828. The molecule has 0 bridgehead atoms. The SMILES string of the molecule is O=C(ON=C1CCCCC1)ON=C1CCCCC1. The van der Waals surface area contributed by atoms with Crippen LogP contribution in [-0.4, -0.2) is 17.6 Å². The number of carbonyl (C=O) groups excluding carboxylic acids is 1. The van der Waals surface area contributed by atoms with Crippen LogP contribution in [-0.2, 0) is 9.68 Å². The Morgan fingerprint density at radius 1 is 0.722 bits per heavy atom. The van der Waals surface area contributed by atoms with Crippen LogP contribution in [0.3, 0.4) is 0 Å². The van der Waals surface area contributed by atoms with Crippen molar-refractivity contribution in [1.82, 2.24) is 0 Å². The van der Waals surface area contributed by atoms with Gasteiger partial charge in [0.15, 0.2) is 0 Å². The molecule has 0 radical (unpaired) electrons. The number of hydrogen-bond acceptors (Lipinski definition) is 5. The predicted octanol–water partition coefficient (Wildman–Crippen LogP) is 3.78. The predicted molar refractivity (Wildman–Crippen MR) is 68.6 cm³/mol. The van der Waals surface area contributed by atoms with Crippen LogP contribution in [0.25, 0.3) is 0 Å². The number of nitrogens with zero attached hydrogens (tertiary/aromatic N) is 2. The van der Waals surface area contributed by atoms with Gasteiger partial charge in [0, 0.05) is 0 Å². The standard InChI is InChI=1S/C13H20N2O3/c16-13(17-14-11-7-3-1-4-8-11)18-15-12-9-5-2-6-10-12/h1-10H2. The van der Waals surface area contributed by atoms with Crippen LogP contribution in [0.5, 0.6) is 0 Å². The van der Waals surface area contributed by atoms with E-state index in [1.165, 1.54) is 12.8 Å². The molecule has 0 amide bonds. The van der Waals surface area contributed by atoms with Crippen LogP contribution in [0.2, 0.25) is 0 Å². The normalized spacial score (nSPS) is 20.2. The first-order valence-electron chi connectivity index (χ1n) is 6.84. The highest BCUT2D eigenvalue weighted by Crippen LogP contribution is 2.16. The van der Waals surface area contributed by atoms with Crippen molar-refractivity contribution in [2.24, 2.45) is 10.3 Å². The Bertz CT molecular complexity index is 302. The van der Waals surface area contributed by atoms with E-state index in [0.717, 1.165) is 62.8 Å². The second kappa shape index (κ2) is 7.13. The molecule has 0 spiro atoms. The molecule has 5 nitrogen and oxygen atoms in total. The van der Waals surface area contributed by atoms with Gasteiger partial charge in [-0.25, -0.2) is 0 Å². The fourth-order valence-corrected chi connectivity index (χ4v) is 2.32. The molecule has 0 N–H and O–H groups in total. The summed E-state index contributed by atoms with van der Waals surface area (Å²) < 4.78 is 0. The summed E-state index contributed by atoms with van der Waals surface area (Å²) >= 11 is 0. The number of carbonyl (C=O) groups is 1. The van der Waals surface area contributed by atoms with Gasteiger partial charge in [-0.15, -0.1) is 0 Å². The molecular weight excluding hydrogens is 232 g/mol. The van der Waals surface area contributed by atoms with Gasteiger partial charge < -0.3 is 0 Å². The van der Waals surface area contributed by atoms with Crippen LogP contribution < -0.4 is 0 Å². The van der Waals surface area contributed by atoms with Gasteiger partial charge in [-0.3, -0.25) is 9.68 Å². The van der Waals surface area contributed by atoms with E-state index in [1.54, 1.807) is 0 Å². The van der Waals surface area contributed by atoms with E-state index in [0.29, 0.717) is 0 Å². The van der Waals surface area contributed by atoms with Crippen molar-refractivity contribution in [2.75, 3.05) is 0 Å².